The number of aromatic nitrogens is 2. The van der Waals surface area contributed by atoms with Gasteiger partial charge in [0.25, 0.3) is 17.6 Å². The summed E-state index contributed by atoms with van der Waals surface area (Å²) in [5, 5.41) is 14.9. The third kappa shape index (κ3) is 4.14. The highest BCUT2D eigenvalue weighted by atomic mass is 19.1. The predicted octanol–water partition coefficient (Wildman–Crippen LogP) is 2.96. The number of benzene rings is 2. The van der Waals surface area contributed by atoms with Crippen LogP contribution in [-0.2, 0) is 4.79 Å². The summed E-state index contributed by atoms with van der Waals surface area (Å²) in [6, 6.07) is 9.97. The van der Waals surface area contributed by atoms with Crippen LogP contribution in [0.2, 0.25) is 0 Å². The molecule has 1 aromatic heterocycles. The van der Waals surface area contributed by atoms with Crippen molar-refractivity contribution in [1.82, 2.24) is 15.5 Å². The van der Waals surface area contributed by atoms with E-state index in [9.17, 15) is 18.4 Å². The molecule has 2 N–H and O–H groups in total. The molecule has 0 aliphatic heterocycles. The van der Waals surface area contributed by atoms with E-state index in [4.69, 9.17) is 9.63 Å². The van der Waals surface area contributed by atoms with Gasteiger partial charge in [-0.2, -0.15) is 4.98 Å². The van der Waals surface area contributed by atoms with E-state index in [-0.39, 0.29) is 17.0 Å². The lowest BCUT2D eigenvalue weighted by molar-refractivity contribution is -0.137. The summed E-state index contributed by atoms with van der Waals surface area (Å²) < 4.78 is 32.6. The highest BCUT2D eigenvalue weighted by molar-refractivity contribution is 5.91. The van der Waals surface area contributed by atoms with E-state index >= 15 is 0 Å². The minimum Gasteiger partial charge on any atom is -0.481 e. The second kappa shape index (κ2) is 7.73. The number of nitrogens with one attached hydrogen (secondary N) is 1. The molecule has 138 valence electrons. The van der Waals surface area contributed by atoms with Crippen LogP contribution in [0.3, 0.4) is 0 Å². The number of rotatable bonds is 6. The average molecular weight is 373 g/mol. The Morgan fingerprint density at radius 1 is 1.07 bits per heavy atom. The molecule has 0 fully saturated rings. The first-order valence-electron chi connectivity index (χ1n) is 7.81. The number of carboxylic acid groups (broad SMARTS) is 1. The molecule has 0 aliphatic rings. The standard InChI is InChI=1S/C18H13F2N3O4/c19-12-7-3-1-5-10(12)14(9-15(24)25)21-17(26)16-22-18(27-23-16)11-6-2-4-8-13(11)20/h1-8,14H,9H2,(H,21,26)(H,24,25)/t14-/m0/s1. The van der Waals surface area contributed by atoms with Gasteiger partial charge >= 0.3 is 5.97 Å². The molecule has 0 saturated heterocycles. The monoisotopic (exact) mass is 373 g/mol. The first kappa shape index (κ1) is 18.2. The number of hydrogen-bond donors (Lipinski definition) is 2. The van der Waals surface area contributed by atoms with Crippen molar-refractivity contribution in [3.05, 3.63) is 71.6 Å². The highest BCUT2D eigenvalue weighted by Crippen LogP contribution is 2.22. The number of carbonyl (C=O) groups excluding carboxylic acids is 1. The summed E-state index contributed by atoms with van der Waals surface area (Å²) in [6.45, 7) is 0. The van der Waals surface area contributed by atoms with Crippen LogP contribution in [0.1, 0.15) is 28.6 Å². The second-order valence-electron chi connectivity index (χ2n) is 5.55. The minimum atomic E-state index is -1.23. The first-order valence-corrected chi connectivity index (χ1v) is 7.81. The van der Waals surface area contributed by atoms with Crippen LogP contribution < -0.4 is 5.32 Å². The predicted molar refractivity (Wildman–Crippen MR) is 88.6 cm³/mol. The van der Waals surface area contributed by atoms with Gasteiger partial charge in [0, 0.05) is 5.56 Å². The molecule has 0 bridgehead atoms. The fourth-order valence-corrected chi connectivity index (χ4v) is 2.45. The summed E-state index contributed by atoms with van der Waals surface area (Å²) in [7, 11) is 0. The maximum absolute atomic E-state index is 14.0. The normalized spacial score (nSPS) is 11.8. The summed E-state index contributed by atoms with van der Waals surface area (Å²) in [6.07, 6.45) is -0.551. The van der Waals surface area contributed by atoms with Crippen LogP contribution in [0.5, 0.6) is 0 Å². The van der Waals surface area contributed by atoms with Crippen molar-refractivity contribution in [3.8, 4) is 11.5 Å². The van der Waals surface area contributed by atoms with Crippen LogP contribution in [0.25, 0.3) is 11.5 Å². The van der Waals surface area contributed by atoms with Crippen molar-refractivity contribution in [3.63, 3.8) is 0 Å². The van der Waals surface area contributed by atoms with Gasteiger partial charge in [0.2, 0.25) is 0 Å². The van der Waals surface area contributed by atoms with Gasteiger partial charge in [-0.05, 0) is 18.2 Å². The van der Waals surface area contributed by atoms with Gasteiger partial charge in [0.1, 0.15) is 11.6 Å². The average Bonchev–Trinajstić information content (AvgIpc) is 3.11. The minimum absolute atomic E-state index is 0.00562. The van der Waals surface area contributed by atoms with E-state index in [0.717, 1.165) is 6.07 Å². The van der Waals surface area contributed by atoms with E-state index in [1.54, 1.807) is 6.07 Å². The Morgan fingerprint density at radius 3 is 2.41 bits per heavy atom. The van der Waals surface area contributed by atoms with Crippen molar-refractivity contribution in [2.24, 2.45) is 0 Å². The lowest BCUT2D eigenvalue weighted by atomic mass is 10.0. The fourth-order valence-electron chi connectivity index (χ4n) is 2.45. The van der Waals surface area contributed by atoms with Crippen molar-refractivity contribution in [2.75, 3.05) is 0 Å². The molecule has 1 amide bonds. The third-order valence-corrected chi connectivity index (χ3v) is 3.70. The molecule has 3 aromatic rings. The number of carboxylic acids is 1. The van der Waals surface area contributed by atoms with Crippen LogP contribution in [0, 0.1) is 11.6 Å². The Kier molecular flexibility index (Phi) is 5.20. The Morgan fingerprint density at radius 2 is 1.74 bits per heavy atom. The number of carbonyl (C=O) groups is 2. The molecule has 1 heterocycles. The maximum atomic E-state index is 14.0. The first-order chi connectivity index (χ1) is 13.0. The van der Waals surface area contributed by atoms with Gasteiger partial charge in [0.05, 0.1) is 18.0 Å². The molecule has 27 heavy (non-hydrogen) atoms. The lowest BCUT2D eigenvalue weighted by Gasteiger charge is -2.16. The van der Waals surface area contributed by atoms with E-state index in [1.165, 1.54) is 36.4 Å². The summed E-state index contributed by atoms with van der Waals surface area (Å²) >= 11 is 0. The van der Waals surface area contributed by atoms with Gasteiger partial charge in [-0.15, -0.1) is 0 Å². The zero-order valence-electron chi connectivity index (χ0n) is 13.7. The topological polar surface area (TPSA) is 105 Å². The second-order valence-corrected chi connectivity index (χ2v) is 5.55. The van der Waals surface area contributed by atoms with E-state index in [1.807, 2.05) is 0 Å². The quantitative estimate of drug-likeness (QED) is 0.688. The Bertz CT molecular complexity index is 990. The van der Waals surface area contributed by atoms with Gasteiger partial charge in [-0.25, -0.2) is 8.78 Å². The summed E-state index contributed by atoms with van der Waals surface area (Å²) in [5.41, 5.74) is 0.0197. The zero-order chi connectivity index (χ0) is 19.4. The van der Waals surface area contributed by atoms with Crippen molar-refractivity contribution in [1.29, 1.82) is 0 Å². The van der Waals surface area contributed by atoms with Gasteiger partial charge in [0.15, 0.2) is 0 Å². The molecule has 0 unspecified atom stereocenters. The SMILES string of the molecule is O=C(O)C[C@H](NC(=O)c1noc(-c2ccccc2F)n1)c1ccccc1F. The lowest BCUT2D eigenvalue weighted by Crippen LogP contribution is -2.31. The molecule has 0 spiro atoms. The van der Waals surface area contributed by atoms with E-state index < -0.39 is 41.8 Å². The molecular formula is C18H13F2N3O4. The number of nitrogens with zero attached hydrogens (tertiary/aromatic N) is 2. The molecule has 0 saturated carbocycles. The molecule has 9 heteroatoms. The fraction of sp³-hybridized carbons (Fsp3) is 0.111. The van der Waals surface area contributed by atoms with Gasteiger partial charge < -0.3 is 14.9 Å². The van der Waals surface area contributed by atoms with Gasteiger partial charge in [-0.1, -0.05) is 35.5 Å². The molecule has 0 radical (unpaired) electrons. The molecule has 7 nitrogen and oxygen atoms in total. The highest BCUT2D eigenvalue weighted by Gasteiger charge is 2.24. The Balaban J connectivity index is 1.83. The maximum Gasteiger partial charge on any atom is 0.305 e. The molecule has 0 aliphatic carbocycles. The van der Waals surface area contributed by atoms with Crippen LogP contribution in [-0.4, -0.2) is 27.1 Å². The largest absolute Gasteiger partial charge is 0.481 e. The van der Waals surface area contributed by atoms with Gasteiger partial charge in [-0.3, -0.25) is 9.59 Å². The molecular weight excluding hydrogens is 360 g/mol. The zero-order valence-corrected chi connectivity index (χ0v) is 13.7. The van der Waals surface area contributed by atoms with Crippen LogP contribution in [0.4, 0.5) is 8.78 Å². The molecule has 2 aromatic carbocycles. The van der Waals surface area contributed by atoms with E-state index in [2.05, 4.69) is 15.5 Å². The third-order valence-electron chi connectivity index (χ3n) is 3.70. The summed E-state index contributed by atoms with van der Waals surface area (Å²) in [5.74, 6) is -4.02. The molecule has 1 atom stereocenters. The smallest absolute Gasteiger partial charge is 0.305 e. The van der Waals surface area contributed by atoms with Crippen LogP contribution in [0.15, 0.2) is 53.1 Å². The van der Waals surface area contributed by atoms with E-state index in [0.29, 0.717) is 0 Å². The van der Waals surface area contributed by atoms with Crippen molar-refractivity contribution in [2.45, 2.75) is 12.5 Å². The van der Waals surface area contributed by atoms with Crippen molar-refractivity contribution < 1.29 is 28.0 Å². The number of aliphatic carboxylic acids is 1. The Labute approximate surface area is 151 Å². The number of hydrogen-bond acceptors (Lipinski definition) is 5. The number of amides is 1. The molecule has 3 rings (SSSR count). The Hall–Kier alpha value is -3.62. The number of halogens is 2. The van der Waals surface area contributed by atoms with Crippen molar-refractivity contribution >= 4 is 11.9 Å². The summed E-state index contributed by atoms with van der Waals surface area (Å²) in [4.78, 5) is 27.2. The van der Waals surface area contributed by atoms with Crippen LogP contribution >= 0.6 is 0 Å².